The number of carbonyl (C=O) groups is 1. The van der Waals surface area contributed by atoms with Gasteiger partial charge in [-0.05, 0) is 24.3 Å². The highest BCUT2D eigenvalue weighted by Crippen LogP contribution is 2.29. The summed E-state index contributed by atoms with van der Waals surface area (Å²) in [5, 5.41) is 18.2. The highest BCUT2D eigenvalue weighted by atomic mass is 35.5. The highest BCUT2D eigenvalue weighted by Gasteiger charge is 2.07. The maximum absolute atomic E-state index is 10.4. The molecule has 0 saturated carbocycles. The van der Waals surface area contributed by atoms with Crippen molar-refractivity contribution in [2.45, 2.75) is 0 Å². The Morgan fingerprint density at radius 3 is 2.52 bits per heavy atom. The second kappa shape index (κ2) is 8.67. The monoisotopic (exact) mass is 341 g/mol. The number of carboxylic acid groups (broad SMARTS) is 1. The Morgan fingerprint density at radius 2 is 2.00 bits per heavy atom. The number of aliphatic hydroxyl groups is 1. The molecule has 126 valence electrons. The normalized spacial score (nSPS) is 10.8. The zero-order valence-corrected chi connectivity index (χ0v) is 14.2. The molecule has 0 aliphatic heterocycles. The average Bonchev–Trinajstić information content (AvgIpc) is 2.46. The number of ether oxygens (including phenoxy) is 1. The first-order chi connectivity index (χ1) is 10.7. The third-order valence-electron chi connectivity index (χ3n) is 2.80. The quantitative estimate of drug-likeness (QED) is 0.813. The van der Waals surface area contributed by atoms with E-state index in [1.165, 1.54) is 0 Å². The molecular weight excluding hydrogens is 320 g/mol. The zero-order valence-electron chi connectivity index (χ0n) is 13.5. The van der Waals surface area contributed by atoms with E-state index in [-0.39, 0.29) is 6.61 Å². The molecule has 0 fully saturated rings. The molecule has 0 unspecified atom stereocenters. The summed E-state index contributed by atoms with van der Waals surface area (Å²) in [6.07, 6.45) is 1.60. The number of likely N-dealkylation sites (N-methyl/N-ethyl adjacent to an activating group) is 1. The molecule has 2 rings (SSSR count). The number of aliphatic carboxylic acids is 1. The second-order valence-corrected chi connectivity index (χ2v) is 6.27. The fraction of sp³-hybridized carbons (Fsp3) is 0.375. The Bertz CT molecular complexity index is 656. The van der Waals surface area contributed by atoms with E-state index in [1.54, 1.807) is 30.5 Å². The fourth-order valence-corrected chi connectivity index (χ4v) is 1.88. The van der Waals surface area contributed by atoms with Gasteiger partial charge in [-0.25, -0.2) is 4.79 Å². The minimum Gasteiger partial charge on any atom is -0.480 e. The van der Waals surface area contributed by atoms with Crippen molar-refractivity contribution in [3.8, 4) is 5.75 Å². The van der Waals surface area contributed by atoms with Crippen molar-refractivity contribution in [3.05, 3.63) is 35.5 Å². The van der Waals surface area contributed by atoms with E-state index in [9.17, 15) is 4.79 Å². The Hall–Kier alpha value is -1.89. The summed E-state index contributed by atoms with van der Waals surface area (Å²) in [5.41, 5.74) is 0.566. The minimum absolute atomic E-state index is 0.281. The van der Waals surface area contributed by atoms with Crippen LogP contribution in [0.4, 0.5) is 0 Å². The molecule has 0 radical (unpaired) electrons. The van der Waals surface area contributed by atoms with Gasteiger partial charge in [-0.2, -0.15) is 0 Å². The molecule has 6 nitrogen and oxygen atoms in total. The van der Waals surface area contributed by atoms with Gasteiger partial charge in [-0.15, -0.1) is 0 Å². The lowest BCUT2D eigenvalue weighted by Crippen LogP contribution is -2.36. The predicted molar refractivity (Wildman–Crippen MR) is 89.9 cm³/mol. The van der Waals surface area contributed by atoms with Gasteiger partial charge in [0.05, 0.1) is 32.8 Å². The zero-order chi connectivity index (χ0) is 17.5. The third-order valence-corrected chi connectivity index (χ3v) is 3.13. The third kappa shape index (κ3) is 6.81. The summed E-state index contributed by atoms with van der Waals surface area (Å²) in [5.74, 6) is -0.610. The van der Waals surface area contributed by atoms with Crippen LogP contribution < -0.4 is 4.74 Å². The first-order valence-electron chi connectivity index (χ1n) is 7.03. The van der Waals surface area contributed by atoms with Crippen LogP contribution in [0.3, 0.4) is 0 Å². The van der Waals surface area contributed by atoms with Crippen LogP contribution in [-0.4, -0.2) is 66.6 Å². The molecule has 2 N–H and O–H groups in total. The van der Waals surface area contributed by atoms with E-state index in [2.05, 4.69) is 26.1 Å². The van der Waals surface area contributed by atoms with E-state index in [1.807, 2.05) is 0 Å². The molecule has 23 heavy (non-hydrogen) atoms. The van der Waals surface area contributed by atoms with Crippen molar-refractivity contribution in [2.24, 2.45) is 0 Å². The molecule has 0 spiro atoms. The number of nitrogens with zero attached hydrogens (tertiary/aromatic N) is 2. The lowest BCUT2D eigenvalue weighted by atomic mass is 10.2. The number of benzene rings is 1. The Balaban J connectivity index is 0.000000322. The van der Waals surface area contributed by atoms with Gasteiger partial charge in [0.2, 0.25) is 0 Å². The number of fused-ring (bicyclic) bond motifs is 1. The second-order valence-electron chi connectivity index (χ2n) is 5.87. The number of rotatable bonds is 5. The molecule has 7 heteroatoms. The average molecular weight is 342 g/mol. The lowest BCUT2D eigenvalue weighted by Gasteiger charge is -2.21. The summed E-state index contributed by atoms with van der Waals surface area (Å²) in [6, 6.07) is 6.83. The smallest absolute Gasteiger partial charge is 0.341 e. The minimum atomic E-state index is -1.03. The number of carboxylic acids is 1. The summed E-state index contributed by atoms with van der Waals surface area (Å²) in [6.45, 7) is 0.719. The van der Waals surface area contributed by atoms with Crippen LogP contribution >= 0.6 is 11.6 Å². The SMILES string of the molecule is C[N+](C)(C)CCO.O=C(O)COc1ccc(Cl)c2cccnc12. The first-order valence-corrected chi connectivity index (χ1v) is 7.41. The van der Waals surface area contributed by atoms with Crippen molar-refractivity contribution in [2.75, 3.05) is 40.9 Å². The Labute approximate surface area is 140 Å². The summed E-state index contributed by atoms with van der Waals surface area (Å²) in [4.78, 5) is 14.5. The van der Waals surface area contributed by atoms with Crippen LogP contribution in [0.25, 0.3) is 10.9 Å². The van der Waals surface area contributed by atoms with Gasteiger partial charge in [-0.1, -0.05) is 11.6 Å². The number of pyridine rings is 1. The largest absolute Gasteiger partial charge is 0.480 e. The number of halogens is 1. The number of aromatic nitrogens is 1. The maximum Gasteiger partial charge on any atom is 0.341 e. The van der Waals surface area contributed by atoms with Crippen molar-refractivity contribution in [1.82, 2.24) is 4.98 Å². The van der Waals surface area contributed by atoms with Gasteiger partial charge < -0.3 is 19.4 Å². The van der Waals surface area contributed by atoms with Crippen molar-refractivity contribution in [1.29, 1.82) is 0 Å². The molecule has 2 aromatic rings. The maximum atomic E-state index is 10.4. The Kier molecular flexibility index (Phi) is 7.22. The van der Waals surface area contributed by atoms with Gasteiger partial charge >= 0.3 is 5.97 Å². The number of hydrogen-bond donors (Lipinski definition) is 2. The number of hydrogen-bond acceptors (Lipinski definition) is 4. The molecule has 1 heterocycles. The Morgan fingerprint density at radius 1 is 1.30 bits per heavy atom. The van der Waals surface area contributed by atoms with Crippen molar-refractivity contribution >= 4 is 28.5 Å². The first kappa shape index (κ1) is 19.2. The van der Waals surface area contributed by atoms with Crippen molar-refractivity contribution < 1.29 is 24.2 Å². The predicted octanol–water partition coefficient (Wildman–Crippen LogP) is 2.04. The van der Waals surface area contributed by atoms with Crippen molar-refractivity contribution in [3.63, 3.8) is 0 Å². The van der Waals surface area contributed by atoms with E-state index >= 15 is 0 Å². The van der Waals surface area contributed by atoms with Gasteiger partial charge in [0, 0.05) is 11.6 Å². The lowest BCUT2D eigenvalue weighted by molar-refractivity contribution is -0.870. The van der Waals surface area contributed by atoms with Crippen LogP contribution in [0.2, 0.25) is 5.02 Å². The summed E-state index contributed by atoms with van der Waals surface area (Å²) in [7, 11) is 6.16. The topological polar surface area (TPSA) is 79.7 Å². The molecule has 0 amide bonds. The fourth-order valence-electron chi connectivity index (χ4n) is 1.67. The molecule has 0 aliphatic rings. The molecular formula is C16H22ClN2O4+. The van der Waals surface area contributed by atoms with E-state index < -0.39 is 12.6 Å². The highest BCUT2D eigenvalue weighted by molar-refractivity contribution is 6.35. The van der Waals surface area contributed by atoms with E-state index in [0.29, 0.717) is 16.3 Å². The van der Waals surface area contributed by atoms with Gasteiger partial charge in [0.1, 0.15) is 17.8 Å². The molecule has 0 saturated heterocycles. The summed E-state index contributed by atoms with van der Waals surface area (Å²) < 4.78 is 5.96. The van der Waals surface area contributed by atoms with Crippen LogP contribution in [-0.2, 0) is 4.79 Å². The van der Waals surface area contributed by atoms with Gasteiger partial charge in [0.25, 0.3) is 0 Å². The van der Waals surface area contributed by atoms with Gasteiger partial charge in [0.15, 0.2) is 6.61 Å². The van der Waals surface area contributed by atoms with E-state index in [0.717, 1.165) is 16.4 Å². The van der Waals surface area contributed by atoms with E-state index in [4.69, 9.17) is 26.6 Å². The van der Waals surface area contributed by atoms with Crippen LogP contribution in [0.15, 0.2) is 30.5 Å². The molecule has 0 atom stereocenters. The standard InChI is InChI=1S/C11H8ClNO3.C5H14NO/c12-8-3-4-9(16-6-10(14)15)11-7(8)2-1-5-13-11;1-6(2,3)4-5-7/h1-5H,6H2,(H,14,15);7H,4-5H2,1-3H3/q;+1. The molecule has 1 aromatic heterocycles. The number of quaternary nitrogens is 1. The molecule has 0 bridgehead atoms. The number of aliphatic hydroxyl groups excluding tert-OH is 1. The summed E-state index contributed by atoms with van der Waals surface area (Å²) >= 11 is 5.98. The molecule has 1 aromatic carbocycles. The van der Waals surface area contributed by atoms with Crippen LogP contribution in [0.1, 0.15) is 0 Å². The van der Waals surface area contributed by atoms with Crippen LogP contribution in [0.5, 0.6) is 5.75 Å². The molecule has 0 aliphatic carbocycles. The van der Waals surface area contributed by atoms with Gasteiger partial charge in [-0.3, -0.25) is 4.98 Å². The van der Waals surface area contributed by atoms with Crippen LogP contribution in [0, 0.1) is 0 Å².